The molecule has 4 heteroatoms. The molecule has 1 aromatic carbocycles. The summed E-state index contributed by atoms with van der Waals surface area (Å²) in [4.78, 5) is 0. The van der Waals surface area contributed by atoms with Gasteiger partial charge in [-0.1, -0.05) is 24.4 Å². The predicted molar refractivity (Wildman–Crippen MR) is 73.7 cm³/mol. The Morgan fingerprint density at radius 1 is 1.21 bits per heavy atom. The summed E-state index contributed by atoms with van der Waals surface area (Å²) in [5.74, 6) is -0.0745. The van der Waals surface area contributed by atoms with Gasteiger partial charge < -0.3 is 10.2 Å². The van der Waals surface area contributed by atoms with Crippen molar-refractivity contribution in [2.24, 2.45) is 11.3 Å². The smallest absolute Gasteiger partial charge is 0.126 e. The van der Waals surface area contributed by atoms with Crippen molar-refractivity contribution in [3.8, 4) is 0 Å². The normalized spacial score (nSPS) is 17.1. The number of halogens is 2. The Balaban J connectivity index is 2.27. The highest BCUT2D eigenvalue weighted by Crippen LogP contribution is 2.42. The topological polar surface area (TPSA) is 40.5 Å². The monoisotopic (exact) mass is 286 g/mol. The number of hydrogen-bond donors (Lipinski definition) is 2. The highest BCUT2D eigenvalue weighted by Gasteiger charge is 2.39. The third-order valence-corrected chi connectivity index (χ3v) is 4.64. The van der Waals surface area contributed by atoms with Crippen LogP contribution >= 0.6 is 11.6 Å². The van der Waals surface area contributed by atoms with E-state index in [1.807, 2.05) is 0 Å². The summed E-state index contributed by atoms with van der Waals surface area (Å²) in [7, 11) is 0. The molecular weight excluding hydrogens is 267 g/mol. The molecule has 0 saturated heterocycles. The van der Waals surface area contributed by atoms with E-state index in [1.165, 1.54) is 12.1 Å². The molecule has 0 aliphatic heterocycles. The molecule has 106 valence electrons. The van der Waals surface area contributed by atoms with Crippen LogP contribution in [0.3, 0.4) is 0 Å². The Bertz CT molecular complexity index is 426. The van der Waals surface area contributed by atoms with E-state index in [0.717, 1.165) is 25.7 Å². The number of hydrogen-bond acceptors (Lipinski definition) is 2. The molecule has 1 aliphatic rings. The van der Waals surface area contributed by atoms with Gasteiger partial charge in [0.05, 0.1) is 13.2 Å². The van der Waals surface area contributed by atoms with Crippen molar-refractivity contribution in [3.63, 3.8) is 0 Å². The van der Waals surface area contributed by atoms with Gasteiger partial charge in [0.2, 0.25) is 0 Å². The molecule has 0 amide bonds. The van der Waals surface area contributed by atoms with E-state index < -0.39 is 5.41 Å². The molecule has 0 radical (unpaired) electrons. The van der Waals surface area contributed by atoms with Crippen LogP contribution in [0, 0.1) is 17.2 Å². The Labute approximate surface area is 118 Å². The maximum Gasteiger partial charge on any atom is 0.126 e. The molecule has 0 heterocycles. The van der Waals surface area contributed by atoms with E-state index in [1.54, 1.807) is 6.07 Å². The molecule has 2 N–H and O–H groups in total. The van der Waals surface area contributed by atoms with Crippen molar-refractivity contribution in [1.29, 1.82) is 0 Å². The Hall–Kier alpha value is -0.640. The molecule has 1 aliphatic carbocycles. The molecule has 0 atom stereocenters. The lowest BCUT2D eigenvalue weighted by atomic mass is 9.71. The molecule has 1 saturated carbocycles. The molecule has 0 aromatic heterocycles. The second-order valence-corrected chi connectivity index (χ2v) is 6.01. The van der Waals surface area contributed by atoms with E-state index >= 15 is 0 Å². The van der Waals surface area contributed by atoms with Crippen LogP contribution in [-0.2, 0) is 6.42 Å². The average molecular weight is 287 g/mol. The lowest BCUT2D eigenvalue weighted by Crippen LogP contribution is -2.39. The molecule has 1 fully saturated rings. The minimum atomic E-state index is -0.637. The van der Waals surface area contributed by atoms with E-state index in [9.17, 15) is 14.6 Å². The summed E-state index contributed by atoms with van der Waals surface area (Å²) in [6.07, 6.45) is 4.54. The van der Waals surface area contributed by atoms with Gasteiger partial charge in [-0.25, -0.2) is 4.39 Å². The van der Waals surface area contributed by atoms with Crippen molar-refractivity contribution in [3.05, 3.63) is 34.6 Å². The quantitative estimate of drug-likeness (QED) is 0.873. The largest absolute Gasteiger partial charge is 0.396 e. The van der Waals surface area contributed by atoms with E-state index in [2.05, 4.69) is 0 Å². The molecule has 1 aromatic rings. The standard InChI is InChI=1S/C15H20ClFO2/c16-13-5-6-14(17)11(7-13)8-15(9-18,10-19)12-3-1-2-4-12/h5-7,12,18-19H,1-4,8-10H2. The average Bonchev–Trinajstić information content (AvgIpc) is 2.94. The first-order chi connectivity index (χ1) is 9.11. The van der Waals surface area contributed by atoms with E-state index in [-0.39, 0.29) is 24.9 Å². The molecule has 0 unspecified atom stereocenters. The van der Waals surface area contributed by atoms with Gasteiger partial charge in [0.1, 0.15) is 5.82 Å². The number of aliphatic hydroxyl groups is 2. The highest BCUT2D eigenvalue weighted by atomic mass is 35.5. The van der Waals surface area contributed by atoms with E-state index in [4.69, 9.17) is 11.6 Å². The van der Waals surface area contributed by atoms with Gasteiger partial charge in [-0.2, -0.15) is 0 Å². The molecule has 0 bridgehead atoms. The van der Waals surface area contributed by atoms with Gasteiger partial charge >= 0.3 is 0 Å². The van der Waals surface area contributed by atoms with E-state index in [0.29, 0.717) is 17.0 Å². The van der Waals surface area contributed by atoms with Gasteiger partial charge in [0.25, 0.3) is 0 Å². The number of rotatable bonds is 5. The van der Waals surface area contributed by atoms with Gasteiger partial charge in [-0.15, -0.1) is 0 Å². The summed E-state index contributed by atoms with van der Waals surface area (Å²) in [6.45, 7) is -0.250. The fourth-order valence-electron chi connectivity index (χ4n) is 3.16. The minimum Gasteiger partial charge on any atom is -0.396 e. The molecule has 19 heavy (non-hydrogen) atoms. The maximum absolute atomic E-state index is 13.8. The highest BCUT2D eigenvalue weighted by molar-refractivity contribution is 6.30. The summed E-state index contributed by atoms with van der Waals surface area (Å²) in [6, 6.07) is 4.44. The van der Waals surface area contributed by atoms with Crippen molar-refractivity contribution in [2.45, 2.75) is 32.1 Å². The van der Waals surface area contributed by atoms with Crippen LogP contribution in [0.25, 0.3) is 0 Å². The molecule has 2 rings (SSSR count). The lowest BCUT2D eigenvalue weighted by Gasteiger charge is -2.36. The van der Waals surface area contributed by atoms with Crippen LogP contribution in [0.1, 0.15) is 31.2 Å². The van der Waals surface area contributed by atoms with Gasteiger partial charge in [-0.3, -0.25) is 0 Å². The van der Waals surface area contributed by atoms with Crippen LogP contribution in [-0.4, -0.2) is 23.4 Å². The van der Waals surface area contributed by atoms with Crippen LogP contribution in [0.4, 0.5) is 4.39 Å². The zero-order valence-corrected chi connectivity index (χ0v) is 11.7. The van der Waals surface area contributed by atoms with Gasteiger partial charge in [0, 0.05) is 10.4 Å². The van der Waals surface area contributed by atoms with Crippen molar-refractivity contribution in [1.82, 2.24) is 0 Å². The Morgan fingerprint density at radius 3 is 2.42 bits per heavy atom. The fraction of sp³-hybridized carbons (Fsp3) is 0.600. The van der Waals surface area contributed by atoms with Crippen molar-refractivity contribution in [2.75, 3.05) is 13.2 Å². The van der Waals surface area contributed by atoms with Crippen LogP contribution < -0.4 is 0 Å². The second-order valence-electron chi connectivity index (χ2n) is 5.57. The third-order valence-electron chi connectivity index (χ3n) is 4.40. The second kappa shape index (κ2) is 6.21. The van der Waals surface area contributed by atoms with Crippen molar-refractivity contribution < 1.29 is 14.6 Å². The summed E-state index contributed by atoms with van der Waals surface area (Å²) in [5, 5.41) is 20.0. The lowest BCUT2D eigenvalue weighted by molar-refractivity contribution is 0.00513. The fourth-order valence-corrected chi connectivity index (χ4v) is 3.36. The SMILES string of the molecule is OCC(CO)(Cc1cc(Cl)ccc1F)C1CCCC1. The number of benzene rings is 1. The zero-order chi connectivity index (χ0) is 13.9. The van der Waals surface area contributed by atoms with Gasteiger partial charge in [-0.05, 0) is 48.9 Å². The summed E-state index contributed by atoms with van der Waals surface area (Å²) >= 11 is 5.90. The number of aliphatic hydroxyl groups excluding tert-OH is 2. The van der Waals surface area contributed by atoms with Crippen molar-refractivity contribution >= 4 is 11.6 Å². The first-order valence-corrected chi connectivity index (χ1v) is 7.15. The molecule has 0 spiro atoms. The summed E-state index contributed by atoms with van der Waals surface area (Å²) in [5.41, 5.74) is -0.162. The summed E-state index contributed by atoms with van der Waals surface area (Å²) < 4.78 is 13.8. The maximum atomic E-state index is 13.8. The Kier molecular flexibility index (Phi) is 4.82. The minimum absolute atomic E-state index is 0.125. The predicted octanol–water partition coefficient (Wildman–Crippen LogP) is 3.18. The van der Waals surface area contributed by atoms with Gasteiger partial charge in [0.15, 0.2) is 0 Å². The first kappa shape index (κ1) is 14.8. The molecular formula is C15H20ClFO2. The Morgan fingerprint density at radius 2 is 1.84 bits per heavy atom. The van der Waals surface area contributed by atoms with Crippen LogP contribution in [0.2, 0.25) is 5.02 Å². The zero-order valence-electron chi connectivity index (χ0n) is 10.9. The van der Waals surface area contributed by atoms with Crippen LogP contribution in [0.15, 0.2) is 18.2 Å². The molecule has 2 nitrogen and oxygen atoms in total. The third kappa shape index (κ3) is 3.10. The van der Waals surface area contributed by atoms with Crippen LogP contribution in [0.5, 0.6) is 0 Å². The first-order valence-electron chi connectivity index (χ1n) is 6.77.